The van der Waals surface area contributed by atoms with Gasteiger partial charge in [-0.2, -0.15) is 0 Å². The number of halogens is 2. The summed E-state index contributed by atoms with van der Waals surface area (Å²) in [4.78, 5) is 24.2. The number of nitrogens with one attached hydrogen (secondary N) is 2. The minimum Gasteiger partial charge on any atom is -0.356 e. The maximum absolute atomic E-state index is 13.1. The lowest BCUT2D eigenvalue weighted by Crippen LogP contribution is -2.35. The van der Waals surface area contributed by atoms with Crippen molar-refractivity contribution in [2.24, 2.45) is 11.8 Å². The first-order valence-corrected chi connectivity index (χ1v) is 8.42. The fourth-order valence-corrected chi connectivity index (χ4v) is 3.01. The summed E-state index contributed by atoms with van der Waals surface area (Å²) >= 11 is 5.71. The van der Waals surface area contributed by atoms with Crippen molar-refractivity contribution < 1.29 is 14.0 Å². The van der Waals surface area contributed by atoms with Crippen LogP contribution in [0.3, 0.4) is 0 Å². The molecule has 1 fully saturated rings. The highest BCUT2D eigenvalue weighted by Crippen LogP contribution is 2.30. The lowest BCUT2D eigenvalue weighted by molar-refractivity contribution is -0.128. The van der Waals surface area contributed by atoms with Gasteiger partial charge in [-0.05, 0) is 50.3 Å². The van der Waals surface area contributed by atoms with Gasteiger partial charge in [-0.25, -0.2) is 4.39 Å². The van der Waals surface area contributed by atoms with Crippen LogP contribution in [0.1, 0.15) is 39.0 Å². The largest absolute Gasteiger partial charge is 0.356 e. The van der Waals surface area contributed by atoms with Crippen LogP contribution in [0.4, 0.5) is 10.1 Å². The molecule has 1 aromatic carbocycles. The second-order valence-corrected chi connectivity index (χ2v) is 6.36. The van der Waals surface area contributed by atoms with Gasteiger partial charge >= 0.3 is 0 Å². The maximum Gasteiger partial charge on any atom is 0.227 e. The molecule has 0 aliphatic heterocycles. The number of carbonyl (C=O) groups excluding carboxylic acids is 2. The molecule has 0 heterocycles. The molecule has 2 amide bonds. The normalized spacial score (nSPS) is 20.8. The molecular weight excluding hydrogens is 319 g/mol. The van der Waals surface area contributed by atoms with Gasteiger partial charge in [0.1, 0.15) is 5.82 Å². The van der Waals surface area contributed by atoms with E-state index in [9.17, 15) is 14.0 Å². The molecule has 0 radical (unpaired) electrons. The van der Waals surface area contributed by atoms with Gasteiger partial charge in [0, 0.05) is 24.1 Å². The molecule has 1 aliphatic rings. The Bertz CT molecular complexity index is 572. The Morgan fingerprint density at radius 2 is 1.78 bits per heavy atom. The van der Waals surface area contributed by atoms with E-state index in [-0.39, 0.29) is 28.7 Å². The minimum atomic E-state index is -0.511. The van der Waals surface area contributed by atoms with Crippen LogP contribution < -0.4 is 10.6 Å². The molecule has 2 N–H and O–H groups in total. The van der Waals surface area contributed by atoms with Crippen LogP contribution in [-0.4, -0.2) is 18.4 Å². The maximum atomic E-state index is 13.1. The van der Waals surface area contributed by atoms with Crippen LogP contribution in [0.15, 0.2) is 18.2 Å². The summed E-state index contributed by atoms with van der Waals surface area (Å²) in [7, 11) is 0. The Morgan fingerprint density at radius 1 is 1.17 bits per heavy atom. The van der Waals surface area contributed by atoms with Crippen molar-refractivity contribution >= 4 is 29.1 Å². The molecule has 23 heavy (non-hydrogen) atoms. The van der Waals surface area contributed by atoms with Crippen molar-refractivity contribution in [3.8, 4) is 0 Å². The molecule has 1 saturated carbocycles. The molecule has 0 bridgehead atoms. The van der Waals surface area contributed by atoms with Crippen LogP contribution >= 0.6 is 11.6 Å². The standard InChI is InChI=1S/C17H22ClFN2O2/c1-2-9-20-16(22)11-3-5-12(6-4-11)17(23)21-13-7-8-15(19)14(18)10-13/h7-8,10-12H,2-6,9H2,1H3,(H,20,22)(H,21,23). The highest BCUT2D eigenvalue weighted by atomic mass is 35.5. The van der Waals surface area contributed by atoms with Crippen molar-refractivity contribution in [2.45, 2.75) is 39.0 Å². The van der Waals surface area contributed by atoms with Gasteiger partial charge < -0.3 is 10.6 Å². The molecule has 4 nitrogen and oxygen atoms in total. The quantitative estimate of drug-likeness (QED) is 0.857. The van der Waals surface area contributed by atoms with Gasteiger partial charge in [0.15, 0.2) is 0 Å². The fourth-order valence-electron chi connectivity index (χ4n) is 2.83. The number of carbonyl (C=O) groups is 2. The van der Waals surface area contributed by atoms with Crippen LogP contribution in [0, 0.1) is 17.7 Å². The first-order chi connectivity index (χ1) is 11.0. The van der Waals surface area contributed by atoms with Crippen molar-refractivity contribution in [2.75, 3.05) is 11.9 Å². The molecule has 0 unspecified atom stereocenters. The Hall–Kier alpha value is -1.62. The van der Waals surface area contributed by atoms with Gasteiger partial charge in [0.2, 0.25) is 11.8 Å². The Morgan fingerprint density at radius 3 is 2.35 bits per heavy atom. The van der Waals surface area contributed by atoms with E-state index in [4.69, 9.17) is 11.6 Å². The minimum absolute atomic E-state index is 0.00543. The Labute approximate surface area is 140 Å². The summed E-state index contributed by atoms with van der Waals surface area (Å²) < 4.78 is 13.1. The van der Waals surface area contributed by atoms with Crippen molar-refractivity contribution in [3.05, 3.63) is 29.0 Å². The van der Waals surface area contributed by atoms with Crippen molar-refractivity contribution in [1.82, 2.24) is 5.32 Å². The van der Waals surface area contributed by atoms with E-state index in [1.807, 2.05) is 6.92 Å². The molecule has 0 spiro atoms. The number of amides is 2. The van der Waals surface area contributed by atoms with Gasteiger partial charge in [-0.15, -0.1) is 0 Å². The lowest BCUT2D eigenvalue weighted by Gasteiger charge is -2.27. The predicted molar refractivity (Wildman–Crippen MR) is 88.8 cm³/mol. The van der Waals surface area contributed by atoms with Crippen molar-refractivity contribution in [1.29, 1.82) is 0 Å². The number of hydrogen-bond donors (Lipinski definition) is 2. The topological polar surface area (TPSA) is 58.2 Å². The Balaban J connectivity index is 1.83. The van der Waals surface area contributed by atoms with E-state index in [0.29, 0.717) is 25.1 Å². The third-order valence-electron chi connectivity index (χ3n) is 4.21. The summed E-state index contributed by atoms with van der Waals surface area (Å²) in [6.07, 6.45) is 3.73. The molecule has 6 heteroatoms. The van der Waals surface area contributed by atoms with Crippen LogP contribution in [0.2, 0.25) is 5.02 Å². The van der Waals surface area contributed by atoms with Crippen LogP contribution in [0.5, 0.6) is 0 Å². The number of anilines is 1. The van der Waals surface area contributed by atoms with E-state index in [2.05, 4.69) is 10.6 Å². The number of hydrogen-bond acceptors (Lipinski definition) is 2. The fraction of sp³-hybridized carbons (Fsp3) is 0.529. The zero-order valence-corrected chi connectivity index (χ0v) is 14.0. The highest BCUT2D eigenvalue weighted by molar-refractivity contribution is 6.31. The van der Waals surface area contributed by atoms with Crippen LogP contribution in [0.25, 0.3) is 0 Å². The second-order valence-electron chi connectivity index (χ2n) is 5.96. The molecule has 2 rings (SSSR count). The smallest absolute Gasteiger partial charge is 0.227 e. The van der Waals surface area contributed by atoms with E-state index in [0.717, 1.165) is 19.3 Å². The van der Waals surface area contributed by atoms with E-state index < -0.39 is 5.82 Å². The lowest BCUT2D eigenvalue weighted by atomic mass is 9.81. The second kappa shape index (κ2) is 8.29. The summed E-state index contributed by atoms with van der Waals surface area (Å²) in [5.41, 5.74) is 0.490. The van der Waals surface area contributed by atoms with Crippen LogP contribution in [-0.2, 0) is 9.59 Å². The monoisotopic (exact) mass is 340 g/mol. The molecule has 1 aromatic rings. The average molecular weight is 341 g/mol. The summed E-state index contributed by atoms with van der Waals surface area (Å²) in [6.45, 7) is 2.72. The number of rotatable bonds is 5. The summed E-state index contributed by atoms with van der Waals surface area (Å²) in [6, 6.07) is 4.12. The molecule has 0 aromatic heterocycles. The number of benzene rings is 1. The molecule has 126 valence electrons. The highest BCUT2D eigenvalue weighted by Gasteiger charge is 2.29. The zero-order valence-electron chi connectivity index (χ0n) is 13.2. The first kappa shape index (κ1) is 17.7. The Kier molecular flexibility index (Phi) is 6.39. The predicted octanol–water partition coefficient (Wildman–Crippen LogP) is 3.75. The SMILES string of the molecule is CCCNC(=O)C1CCC(C(=O)Nc2ccc(F)c(Cl)c2)CC1. The van der Waals surface area contributed by atoms with E-state index >= 15 is 0 Å². The summed E-state index contributed by atoms with van der Waals surface area (Å²) in [5.74, 6) is -0.626. The molecule has 0 atom stereocenters. The van der Waals surface area contributed by atoms with Gasteiger partial charge in [0.25, 0.3) is 0 Å². The third kappa shape index (κ3) is 4.93. The first-order valence-electron chi connectivity index (χ1n) is 8.05. The van der Waals surface area contributed by atoms with Gasteiger partial charge in [-0.3, -0.25) is 9.59 Å². The molecule has 0 saturated heterocycles. The van der Waals surface area contributed by atoms with E-state index in [1.165, 1.54) is 18.2 Å². The zero-order chi connectivity index (χ0) is 16.8. The van der Waals surface area contributed by atoms with E-state index in [1.54, 1.807) is 0 Å². The van der Waals surface area contributed by atoms with Gasteiger partial charge in [0.05, 0.1) is 5.02 Å². The average Bonchev–Trinajstić information content (AvgIpc) is 2.56. The molecular formula is C17H22ClFN2O2. The summed E-state index contributed by atoms with van der Waals surface area (Å²) in [5, 5.41) is 5.66. The molecule has 1 aliphatic carbocycles. The van der Waals surface area contributed by atoms with Crippen molar-refractivity contribution in [3.63, 3.8) is 0 Å². The van der Waals surface area contributed by atoms with Gasteiger partial charge in [-0.1, -0.05) is 18.5 Å². The third-order valence-corrected chi connectivity index (χ3v) is 4.49.